The van der Waals surface area contributed by atoms with Gasteiger partial charge in [-0.25, -0.2) is 4.98 Å². The molecule has 0 radical (unpaired) electrons. The molecule has 0 N–H and O–H groups in total. The van der Waals surface area contributed by atoms with E-state index in [1.807, 2.05) is 12.1 Å². The molecule has 0 atom stereocenters. The van der Waals surface area contributed by atoms with E-state index in [4.69, 9.17) is 4.74 Å². The van der Waals surface area contributed by atoms with Gasteiger partial charge in [-0.05, 0) is 43.4 Å². The average Bonchev–Trinajstić information content (AvgIpc) is 3.58. The Hall–Kier alpha value is -2.63. The van der Waals surface area contributed by atoms with Gasteiger partial charge in [0.2, 0.25) is 5.91 Å². The molecule has 1 aliphatic heterocycles. The molecule has 1 aromatic heterocycles. The summed E-state index contributed by atoms with van der Waals surface area (Å²) in [7, 11) is 1.67. The Morgan fingerprint density at radius 1 is 1.15 bits per heavy atom. The van der Waals surface area contributed by atoms with E-state index >= 15 is 0 Å². The molecule has 6 heteroatoms. The third-order valence-corrected chi connectivity index (χ3v) is 5.50. The average molecular weight is 366 g/mol. The summed E-state index contributed by atoms with van der Waals surface area (Å²) in [6.07, 6.45) is 9.20. The second kappa shape index (κ2) is 7.94. The molecule has 0 bridgehead atoms. The summed E-state index contributed by atoms with van der Waals surface area (Å²) in [5.74, 6) is 2.17. The SMILES string of the molecule is COc1ccc(CN(C(=O)C2CCN(c3cnccn3)CC2)C2CC2)cc1. The van der Waals surface area contributed by atoms with Gasteiger partial charge in [-0.1, -0.05) is 12.1 Å². The van der Waals surface area contributed by atoms with Gasteiger partial charge in [0.15, 0.2) is 0 Å². The van der Waals surface area contributed by atoms with Crippen LogP contribution in [0.2, 0.25) is 0 Å². The lowest BCUT2D eigenvalue weighted by Gasteiger charge is -2.35. The Kier molecular flexibility index (Phi) is 5.23. The molecular weight excluding hydrogens is 340 g/mol. The number of piperidine rings is 1. The number of nitrogens with zero attached hydrogens (tertiary/aromatic N) is 4. The fourth-order valence-corrected chi connectivity index (χ4v) is 3.75. The van der Waals surface area contributed by atoms with Crippen LogP contribution >= 0.6 is 0 Å². The highest BCUT2D eigenvalue weighted by Gasteiger charge is 2.37. The second-order valence-corrected chi connectivity index (χ2v) is 7.37. The Morgan fingerprint density at radius 2 is 1.89 bits per heavy atom. The first-order valence-electron chi connectivity index (χ1n) is 9.69. The molecule has 1 saturated carbocycles. The van der Waals surface area contributed by atoms with E-state index in [9.17, 15) is 4.79 Å². The fraction of sp³-hybridized carbons (Fsp3) is 0.476. The highest BCUT2D eigenvalue weighted by Crippen LogP contribution is 2.32. The molecule has 1 aromatic carbocycles. The van der Waals surface area contributed by atoms with E-state index < -0.39 is 0 Å². The Labute approximate surface area is 160 Å². The quantitative estimate of drug-likeness (QED) is 0.787. The number of benzene rings is 1. The molecule has 2 aromatic rings. The molecule has 0 unspecified atom stereocenters. The van der Waals surface area contributed by atoms with Gasteiger partial charge in [0, 0.05) is 44.0 Å². The molecule has 6 nitrogen and oxygen atoms in total. The van der Waals surface area contributed by atoms with Gasteiger partial charge in [0.05, 0.1) is 13.3 Å². The van der Waals surface area contributed by atoms with Crippen molar-refractivity contribution >= 4 is 11.7 Å². The summed E-state index contributed by atoms with van der Waals surface area (Å²) >= 11 is 0. The number of carbonyl (C=O) groups is 1. The maximum atomic E-state index is 13.2. The number of amides is 1. The van der Waals surface area contributed by atoms with Gasteiger partial charge in [-0.15, -0.1) is 0 Å². The van der Waals surface area contributed by atoms with Crippen molar-refractivity contribution in [2.45, 2.75) is 38.3 Å². The Morgan fingerprint density at radius 3 is 2.48 bits per heavy atom. The maximum absolute atomic E-state index is 13.2. The molecule has 1 amide bonds. The normalized spacial score (nSPS) is 17.6. The van der Waals surface area contributed by atoms with Crippen molar-refractivity contribution in [3.8, 4) is 5.75 Å². The zero-order valence-electron chi connectivity index (χ0n) is 15.8. The van der Waals surface area contributed by atoms with Crippen LogP contribution in [0.15, 0.2) is 42.9 Å². The van der Waals surface area contributed by atoms with Gasteiger partial charge in [-0.2, -0.15) is 0 Å². The molecule has 1 saturated heterocycles. The second-order valence-electron chi connectivity index (χ2n) is 7.37. The van der Waals surface area contributed by atoms with Crippen LogP contribution in [0.3, 0.4) is 0 Å². The Bertz CT molecular complexity index is 754. The fourth-order valence-electron chi connectivity index (χ4n) is 3.75. The number of anilines is 1. The summed E-state index contributed by atoms with van der Waals surface area (Å²) in [5.41, 5.74) is 1.16. The van der Waals surface area contributed by atoms with Crippen LogP contribution in [0.5, 0.6) is 5.75 Å². The van der Waals surface area contributed by atoms with Crippen LogP contribution < -0.4 is 9.64 Å². The molecule has 4 rings (SSSR count). The van der Waals surface area contributed by atoms with E-state index in [-0.39, 0.29) is 5.92 Å². The van der Waals surface area contributed by atoms with Crippen molar-refractivity contribution in [1.82, 2.24) is 14.9 Å². The largest absolute Gasteiger partial charge is 0.497 e. The number of hydrogen-bond donors (Lipinski definition) is 0. The third-order valence-electron chi connectivity index (χ3n) is 5.50. The predicted octanol–water partition coefficient (Wildman–Crippen LogP) is 2.89. The smallest absolute Gasteiger partial charge is 0.226 e. The van der Waals surface area contributed by atoms with E-state index in [1.54, 1.807) is 25.7 Å². The van der Waals surface area contributed by atoms with Gasteiger partial charge < -0.3 is 14.5 Å². The zero-order chi connectivity index (χ0) is 18.6. The number of hydrogen-bond acceptors (Lipinski definition) is 5. The van der Waals surface area contributed by atoms with Crippen molar-refractivity contribution in [3.05, 3.63) is 48.4 Å². The monoisotopic (exact) mass is 366 g/mol. The van der Waals surface area contributed by atoms with Crippen molar-refractivity contribution in [2.24, 2.45) is 5.92 Å². The molecular formula is C21H26N4O2. The number of rotatable bonds is 6. The topological polar surface area (TPSA) is 58.6 Å². The van der Waals surface area contributed by atoms with Gasteiger partial charge in [-0.3, -0.25) is 9.78 Å². The minimum absolute atomic E-state index is 0.108. The summed E-state index contributed by atoms with van der Waals surface area (Å²) in [5, 5.41) is 0. The first kappa shape index (κ1) is 17.8. The number of aromatic nitrogens is 2. The third kappa shape index (κ3) is 4.21. The summed E-state index contributed by atoms with van der Waals surface area (Å²) in [6.45, 7) is 2.41. The molecule has 27 heavy (non-hydrogen) atoms. The van der Waals surface area contributed by atoms with Gasteiger partial charge in [0.1, 0.15) is 11.6 Å². The lowest BCUT2D eigenvalue weighted by Crippen LogP contribution is -2.43. The van der Waals surface area contributed by atoms with E-state index in [0.29, 0.717) is 18.5 Å². The van der Waals surface area contributed by atoms with Crippen LogP contribution in [-0.4, -0.2) is 47.0 Å². The summed E-state index contributed by atoms with van der Waals surface area (Å²) < 4.78 is 5.23. The lowest BCUT2D eigenvalue weighted by molar-refractivity contribution is -0.137. The molecule has 142 valence electrons. The minimum atomic E-state index is 0.108. The maximum Gasteiger partial charge on any atom is 0.226 e. The van der Waals surface area contributed by atoms with Crippen LogP contribution in [0.1, 0.15) is 31.2 Å². The van der Waals surface area contributed by atoms with Crippen LogP contribution in [0, 0.1) is 5.92 Å². The van der Waals surface area contributed by atoms with E-state index in [2.05, 4.69) is 31.9 Å². The van der Waals surface area contributed by atoms with Crippen molar-refractivity contribution in [1.29, 1.82) is 0 Å². The molecule has 1 aliphatic carbocycles. The standard InChI is InChI=1S/C21H26N4O2/c1-27-19-6-2-16(3-7-19)15-25(18-4-5-18)21(26)17-8-12-24(13-9-17)20-14-22-10-11-23-20/h2-3,6-7,10-11,14,17-18H,4-5,8-9,12-13,15H2,1H3. The van der Waals surface area contributed by atoms with Crippen molar-refractivity contribution in [3.63, 3.8) is 0 Å². The van der Waals surface area contributed by atoms with Crippen LogP contribution in [-0.2, 0) is 11.3 Å². The lowest BCUT2D eigenvalue weighted by atomic mass is 9.95. The molecule has 0 spiro atoms. The molecule has 2 heterocycles. The van der Waals surface area contributed by atoms with Crippen molar-refractivity contribution in [2.75, 3.05) is 25.1 Å². The van der Waals surface area contributed by atoms with Crippen LogP contribution in [0.25, 0.3) is 0 Å². The summed E-state index contributed by atoms with van der Waals surface area (Å²) in [4.78, 5) is 26.0. The first-order valence-corrected chi connectivity index (χ1v) is 9.69. The highest BCUT2D eigenvalue weighted by molar-refractivity contribution is 5.80. The number of carbonyl (C=O) groups excluding carboxylic acids is 1. The Balaban J connectivity index is 1.38. The zero-order valence-corrected chi connectivity index (χ0v) is 15.8. The molecule has 2 aliphatic rings. The highest BCUT2D eigenvalue weighted by atomic mass is 16.5. The first-order chi connectivity index (χ1) is 13.2. The minimum Gasteiger partial charge on any atom is -0.497 e. The number of methoxy groups -OCH3 is 1. The van der Waals surface area contributed by atoms with Crippen LogP contribution in [0.4, 0.5) is 5.82 Å². The molecule has 2 fully saturated rings. The van der Waals surface area contributed by atoms with Gasteiger partial charge in [0.25, 0.3) is 0 Å². The van der Waals surface area contributed by atoms with Crippen molar-refractivity contribution < 1.29 is 9.53 Å². The summed E-state index contributed by atoms with van der Waals surface area (Å²) in [6, 6.07) is 8.45. The predicted molar refractivity (Wildman–Crippen MR) is 104 cm³/mol. The van der Waals surface area contributed by atoms with E-state index in [0.717, 1.165) is 55.9 Å². The van der Waals surface area contributed by atoms with E-state index in [1.165, 1.54) is 0 Å². The van der Waals surface area contributed by atoms with Gasteiger partial charge >= 0.3 is 0 Å². The number of ether oxygens (including phenoxy) is 1.